The van der Waals surface area contributed by atoms with Crippen LogP contribution in [0.15, 0.2) is 24.3 Å². The number of rotatable bonds is 4. The average molecular weight is 339 g/mol. The lowest BCUT2D eigenvalue weighted by molar-refractivity contribution is -0.141. The molecule has 0 fully saturated rings. The van der Waals surface area contributed by atoms with Crippen molar-refractivity contribution in [3.8, 4) is 0 Å². The number of anilines is 1. The molecule has 7 heteroatoms. The maximum atomic E-state index is 12.7. The highest BCUT2D eigenvalue weighted by molar-refractivity contribution is 5.93. The summed E-state index contributed by atoms with van der Waals surface area (Å²) in [6.07, 6.45) is -4.49. The number of aromatic nitrogens is 2. The van der Waals surface area contributed by atoms with Gasteiger partial charge in [-0.15, -0.1) is 0 Å². The summed E-state index contributed by atoms with van der Waals surface area (Å²) >= 11 is 0. The Morgan fingerprint density at radius 2 is 1.92 bits per heavy atom. The van der Waals surface area contributed by atoms with Crippen molar-refractivity contribution in [1.82, 2.24) is 9.78 Å². The molecule has 0 aliphatic carbocycles. The molecule has 0 spiro atoms. The Bertz CT molecular complexity index is 750. The molecule has 1 aromatic carbocycles. The molecular weight excluding hydrogens is 319 g/mol. The summed E-state index contributed by atoms with van der Waals surface area (Å²) in [6, 6.07) is 6.64. The van der Waals surface area contributed by atoms with Crippen molar-refractivity contribution in [2.24, 2.45) is 5.92 Å². The molecule has 4 nitrogen and oxygen atoms in total. The molecule has 0 unspecified atom stereocenters. The average Bonchev–Trinajstić information content (AvgIpc) is 2.83. The molecule has 0 aliphatic heterocycles. The monoisotopic (exact) mass is 339 g/mol. The zero-order valence-electron chi connectivity index (χ0n) is 14.0. The largest absolute Gasteiger partial charge is 0.435 e. The molecule has 0 bridgehead atoms. The van der Waals surface area contributed by atoms with Crippen LogP contribution >= 0.6 is 0 Å². The maximum Gasteiger partial charge on any atom is 0.435 e. The lowest BCUT2D eigenvalue weighted by Crippen LogP contribution is -2.25. The highest BCUT2D eigenvalue weighted by atomic mass is 19.4. The van der Waals surface area contributed by atoms with Crippen LogP contribution in [0.4, 0.5) is 18.9 Å². The SMILES string of the molecule is Cc1ccc(NC(=O)[C@H](C)Cn2nc(C(F)(F)F)cc2C)c(C)c1. The van der Waals surface area contributed by atoms with E-state index in [1.807, 2.05) is 32.0 Å². The number of alkyl halides is 3. The van der Waals surface area contributed by atoms with E-state index in [2.05, 4.69) is 10.4 Å². The van der Waals surface area contributed by atoms with Crippen LogP contribution in [0, 0.1) is 26.7 Å². The first-order chi connectivity index (χ1) is 11.1. The van der Waals surface area contributed by atoms with Crippen LogP contribution in [0.2, 0.25) is 0 Å². The predicted molar refractivity (Wildman–Crippen MR) is 85.7 cm³/mol. The molecule has 0 radical (unpaired) electrons. The smallest absolute Gasteiger partial charge is 0.326 e. The number of carbonyl (C=O) groups is 1. The van der Waals surface area contributed by atoms with Gasteiger partial charge in [-0.1, -0.05) is 24.6 Å². The Morgan fingerprint density at radius 3 is 2.46 bits per heavy atom. The molecule has 2 rings (SSSR count). The summed E-state index contributed by atoms with van der Waals surface area (Å²) in [7, 11) is 0. The molecule has 1 N–H and O–H groups in total. The zero-order valence-corrected chi connectivity index (χ0v) is 14.0. The van der Waals surface area contributed by atoms with E-state index < -0.39 is 17.8 Å². The van der Waals surface area contributed by atoms with E-state index in [1.54, 1.807) is 6.92 Å². The minimum Gasteiger partial charge on any atom is -0.326 e. The van der Waals surface area contributed by atoms with Gasteiger partial charge in [-0.05, 0) is 38.5 Å². The van der Waals surface area contributed by atoms with Crippen LogP contribution in [0.25, 0.3) is 0 Å². The van der Waals surface area contributed by atoms with Crippen molar-refractivity contribution in [3.05, 3.63) is 46.8 Å². The molecule has 1 amide bonds. The predicted octanol–water partition coefficient (Wildman–Crippen LogP) is 4.10. The van der Waals surface area contributed by atoms with Gasteiger partial charge in [-0.2, -0.15) is 18.3 Å². The van der Waals surface area contributed by atoms with Gasteiger partial charge in [0.15, 0.2) is 5.69 Å². The van der Waals surface area contributed by atoms with Gasteiger partial charge in [-0.25, -0.2) is 0 Å². The van der Waals surface area contributed by atoms with Gasteiger partial charge >= 0.3 is 6.18 Å². The zero-order chi connectivity index (χ0) is 18.1. The third-order valence-electron chi connectivity index (χ3n) is 3.81. The molecule has 2 aromatic rings. The van der Waals surface area contributed by atoms with Crippen LogP contribution in [-0.2, 0) is 17.5 Å². The van der Waals surface area contributed by atoms with Gasteiger partial charge in [0, 0.05) is 11.4 Å². The fourth-order valence-electron chi connectivity index (χ4n) is 2.39. The molecule has 0 aliphatic rings. The van der Waals surface area contributed by atoms with Crippen molar-refractivity contribution >= 4 is 11.6 Å². The van der Waals surface area contributed by atoms with Crippen LogP contribution in [-0.4, -0.2) is 15.7 Å². The van der Waals surface area contributed by atoms with Crippen LogP contribution < -0.4 is 5.32 Å². The summed E-state index contributed by atoms with van der Waals surface area (Å²) in [5, 5.41) is 6.36. The summed E-state index contributed by atoms with van der Waals surface area (Å²) in [6.45, 7) is 7.13. The van der Waals surface area contributed by atoms with E-state index in [4.69, 9.17) is 0 Å². The second kappa shape index (κ2) is 6.67. The van der Waals surface area contributed by atoms with Crippen LogP contribution in [0.5, 0.6) is 0 Å². The number of nitrogens with one attached hydrogen (secondary N) is 1. The van der Waals surface area contributed by atoms with Gasteiger partial charge in [0.1, 0.15) is 0 Å². The highest BCUT2D eigenvalue weighted by Gasteiger charge is 2.34. The molecule has 1 aromatic heterocycles. The van der Waals surface area contributed by atoms with Crippen molar-refractivity contribution in [3.63, 3.8) is 0 Å². The molecular formula is C17H20F3N3O. The summed E-state index contributed by atoms with van der Waals surface area (Å²) in [5.41, 5.74) is 2.15. The quantitative estimate of drug-likeness (QED) is 0.911. The molecule has 1 heterocycles. The van der Waals surface area contributed by atoms with E-state index in [0.717, 1.165) is 17.2 Å². The molecule has 1 atom stereocenters. The molecule has 130 valence electrons. The number of benzene rings is 1. The number of carbonyl (C=O) groups excluding carboxylic acids is 1. The third kappa shape index (κ3) is 4.15. The topological polar surface area (TPSA) is 46.9 Å². The summed E-state index contributed by atoms with van der Waals surface area (Å²) in [5.74, 6) is -0.782. The van der Waals surface area contributed by atoms with Crippen molar-refractivity contribution < 1.29 is 18.0 Å². The standard InChI is InChI=1S/C17H20F3N3O/c1-10-5-6-14(11(2)7-10)21-16(24)12(3)9-23-13(4)8-15(22-23)17(18,19)20/h5-8,12H,9H2,1-4H3,(H,21,24)/t12-/m1/s1. The highest BCUT2D eigenvalue weighted by Crippen LogP contribution is 2.28. The number of halogens is 3. The summed E-state index contributed by atoms with van der Waals surface area (Å²) < 4.78 is 39.3. The normalized spacial score (nSPS) is 13.0. The maximum absolute atomic E-state index is 12.7. The number of hydrogen-bond donors (Lipinski definition) is 1. The first-order valence-corrected chi connectivity index (χ1v) is 7.57. The van der Waals surface area contributed by atoms with E-state index in [0.29, 0.717) is 11.4 Å². The lowest BCUT2D eigenvalue weighted by Gasteiger charge is -2.15. The Hall–Kier alpha value is -2.31. The first kappa shape index (κ1) is 18.0. The Morgan fingerprint density at radius 1 is 1.25 bits per heavy atom. The van der Waals surface area contributed by atoms with Crippen molar-refractivity contribution in [2.45, 2.75) is 40.4 Å². The molecule has 0 saturated carbocycles. The minimum absolute atomic E-state index is 0.0820. The van der Waals surface area contributed by atoms with Crippen molar-refractivity contribution in [2.75, 3.05) is 5.32 Å². The van der Waals surface area contributed by atoms with E-state index >= 15 is 0 Å². The Labute approximate surface area is 138 Å². The van der Waals surface area contributed by atoms with E-state index in [1.165, 1.54) is 11.6 Å². The number of amides is 1. The van der Waals surface area contributed by atoms with Crippen molar-refractivity contribution in [1.29, 1.82) is 0 Å². The van der Waals surface area contributed by atoms with Gasteiger partial charge in [-0.3, -0.25) is 9.48 Å². The van der Waals surface area contributed by atoms with Gasteiger partial charge < -0.3 is 5.32 Å². The molecule has 24 heavy (non-hydrogen) atoms. The fraction of sp³-hybridized carbons (Fsp3) is 0.412. The van der Waals surface area contributed by atoms with E-state index in [9.17, 15) is 18.0 Å². The lowest BCUT2D eigenvalue weighted by atomic mass is 10.1. The van der Waals surface area contributed by atoms with Crippen LogP contribution in [0.3, 0.4) is 0 Å². The molecule has 0 saturated heterocycles. The number of hydrogen-bond acceptors (Lipinski definition) is 2. The summed E-state index contributed by atoms with van der Waals surface area (Å²) in [4.78, 5) is 12.3. The third-order valence-corrected chi connectivity index (χ3v) is 3.81. The fourth-order valence-corrected chi connectivity index (χ4v) is 2.39. The van der Waals surface area contributed by atoms with Gasteiger partial charge in [0.2, 0.25) is 5.91 Å². The second-order valence-corrected chi connectivity index (χ2v) is 6.06. The Kier molecular flexibility index (Phi) is 5.01. The number of nitrogens with zero attached hydrogens (tertiary/aromatic N) is 2. The van der Waals surface area contributed by atoms with E-state index in [-0.39, 0.29) is 12.5 Å². The van der Waals surface area contributed by atoms with Crippen LogP contribution in [0.1, 0.15) is 29.4 Å². The first-order valence-electron chi connectivity index (χ1n) is 7.57. The minimum atomic E-state index is -4.49. The number of aryl methyl sites for hydroxylation is 3. The van der Waals surface area contributed by atoms with Gasteiger partial charge in [0.25, 0.3) is 0 Å². The Balaban J connectivity index is 2.08. The van der Waals surface area contributed by atoms with Gasteiger partial charge in [0.05, 0.1) is 12.5 Å². The second-order valence-electron chi connectivity index (χ2n) is 6.06.